The second-order valence-electron chi connectivity index (χ2n) is 3.97. The molecule has 7 nitrogen and oxygen atoms in total. The van der Waals surface area contributed by atoms with Gasteiger partial charge in [-0.3, -0.25) is 0 Å². The van der Waals surface area contributed by atoms with Crippen molar-refractivity contribution in [1.82, 2.24) is 15.7 Å². The summed E-state index contributed by atoms with van der Waals surface area (Å²) in [6, 6.07) is 0. The lowest BCUT2D eigenvalue weighted by Crippen LogP contribution is -2.49. The van der Waals surface area contributed by atoms with Gasteiger partial charge in [-0.1, -0.05) is 12.0 Å². The van der Waals surface area contributed by atoms with Crippen LogP contribution in [0.25, 0.3) is 0 Å². The third-order valence-electron chi connectivity index (χ3n) is 2.71. The van der Waals surface area contributed by atoms with Crippen LogP contribution in [0.15, 0.2) is 4.99 Å². The van der Waals surface area contributed by atoms with E-state index in [1.165, 1.54) is 19.3 Å². The summed E-state index contributed by atoms with van der Waals surface area (Å²) in [4.78, 5) is 20.0. The zero-order chi connectivity index (χ0) is 12.1. The van der Waals surface area contributed by atoms with Gasteiger partial charge in [0.2, 0.25) is 5.90 Å². The number of nitrogens with one attached hydrogen (secondary N) is 1. The van der Waals surface area contributed by atoms with Crippen molar-refractivity contribution in [1.29, 1.82) is 0 Å². The summed E-state index contributed by atoms with van der Waals surface area (Å²) in [7, 11) is 0. The molecule has 2 aliphatic heterocycles. The quantitative estimate of drug-likeness (QED) is 0.768. The van der Waals surface area contributed by atoms with E-state index >= 15 is 0 Å². The Bertz CT molecular complexity index is 302. The van der Waals surface area contributed by atoms with Gasteiger partial charge in [0, 0.05) is 13.1 Å². The molecule has 0 bridgehead atoms. The van der Waals surface area contributed by atoms with Gasteiger partial charge < -0.3 is 9.57 Å². The predicted octanol–water partition coefficient (Wildman–Crippen LogP) is 0.694. The molecule has 0 aromatic heterocycles. The third-order valence-corrected chi connectivity index (χ3v) is 2.71. The lowest BCUT2D eigenvalue weighted by molar-refractivity contribution is -0.117. The van der Waals surface area contributed by atoms with Crippen molar-refractivity contribution in [3.8, 4) is 0 Å². The van der Waals surface area contributed by atoms with Crippen molar-refractivity contribution in [2.45, 2.75) is 26.2 Å². The van der Waals surface area contributed by atoms with Crippen LogP contribution in [-0.4, -0.2) is 48.4 Å². The van der Waals surface area contributed by atoms with E-state index < -0.39 is 6.09 Å². The van der Waals surface area contributed by atoms with Gasteiger partial charge in [-0.2, -0.15) is 0 Å². The molecule has 0 unspecified atom stereocenters. The Hall–Kier alpha value is -1.18. The van der Waals surface area contributed by atoms with Crippen LogP contribution in [0.3, 0.4) is 0 Å². The summed E-state index contributed by atoms with van der Waals surface area (Å²) in [6.45, 7) is 4.52. The average molecular weight is 242 g/mol. The van der Waals surface area contributed by atoms with E-state index in [-0.39, 0.29) is 0 Å². The van der Waals surface area contributed by atoms with Crippen LogP contribution in [0.2, 0.25) is 0 Å². The Labute approximate surface area is 100 Å². The summed E-state index contributed by atoms with van der Waals surface area (Å²) in [5.41, 5.74) is 2.74. The van der Waals surface area contributed by atoms with Crippen LogP contribution >= 0.6 is 0 Å². The fourth-order valence-electron chi connectivity index (χ4n) is 1.89. The molecule has 0 aliphatic carbocycles. The monoisotopic (exact) mass is 242 g/mol. The third kappa shape index (κ3) is 3.39. The number of amides is 1. The standard InChI is InChI=1S/C10H18N4O3/c1-2-16-10(15)11-9-8-14(12-17-9)13-6-4-3-5-7-13/h12H,2-8H2,1H3. The molecule has 1 amide bonds. The zero-order valence-electron chi connectivity index (χ0n) is 10.0. The second kappa shape index (κ2) is 5.95. The highest BCUT2D eigenvalue weighted by Gasteiger charge is 2.27. The van der Waals surface area contributed by atoms with E-state index in [2.05, 4.69) is 15.6 Å². The van der Waals surface area contributed by atoms with Gasteiger partial charge in [-0.25, -0.2) is 9.80 Å². The Kier molecular flexibility index (Phi) is 4.29. The number of hydrogen-bond acceptors (Lipinski definition) is 6. The number of piperidine rings is 1. The van der Waals surface area contributed by atoms with Gasteiger partial charge in [0.25, 0.3) is 0 Å². The second-order valence-corrected chi connectivity index (χ2v) is 3.97. The number of hydrazine groups is 2. The number of aliphatic imine (C=N–C) groups is 1. The van der Waals surface area contributed by atoms with E-state index in [1.54, 1.807) is 6.92 Å². The predicted molar refractivity (Wildman–Crippen MR) is 60.8 cm³/mol. The summed E-state index contributed by atoms with van der Waals surface area (Å²) < 4.78 is 4.72. The molecule has 0 aromatic carbocycles. The van der Waals surface area contributed by atoms with Crippen molar-refractivity contribution in [2.75, 3.05) is 26.2 Å². The molecule has 2 aliphatic rings. The van der Waals surface area contributed by atoms with Gasteiger partial charge in [-0.05, 0) is 19.8 Å². The lowest BCUT2D eigenvalue weighted by atomic mass is 10.2. The molecule has 2 saturated heterocycles. The maximum absolute atomic E-state index is 11.1. The molecular formula is C10H18N4O3. The molecule has 7 heteroatoms. The molecule has 1 N–H and O–H groups in total. The zero-order valence-corrected chi connectivity index (χ0v) is 10.0. The first-order valence-electron chi connectivity index (χ1n) is 5.99. The lowest BCUT2D eigenvalue weighted by Gasteiger charge is -2.31. The van der Waals surface area contributed by atoms with Gasteiger partial charge in [0.15, 0.2) is 0 Å². The van der Waals surface area contributed by atoms with Crippen LogP contribution in [0.5, 0.6) is 0 Å². The molecule has 17 heavy (non-hydrogen) atoms. The van der Waals surface area contributed by atoms with Crippen LogP contribution in [0.1, 0.15) is 26.2 Å². The van der Waals surface area contributed by atoms with Crippen LogP contribution in [0, 0.1) is 0 Å². The van der Waals surface area contributed by atoms with Crippen LogP contribution in [0.4, 0.5) is 4.79 Å². The highest BCUT2D eigenvalue weighted by molar-refractivity contribution is 5.89. The first-order chi connectivity index (χ1) is 8.29. The number of carbonyl (C=O) groups is 1. The van der Waals surface area contributed by atoms with E-state index in [1.807, 2.05) is 5.12 Å². The summed E-state index contributed by atoms with van der Waals surface area (Å²) >= 11 is 0. The average Bonchev–Trinajstić information content (AvgIpc) is 2.79. The van der Waals surface area contributed by atoms with E-state index in [9.17, 15) is 4.79 Å². The number of nitrogens with zero attached hydrogens (tertiary/aromatic N) is 3. The highest BCUT2D eigenvalue weighted by atomic mass is 16.7. The van der Waals surface area contributed by atoms with Crippen molar-refractivity contribution in [3.05, 3.63) is 0 Å². The summed E-state index contributed by atoms with van der Waals surface area (Å²) in [5.74, 6) is 0.342. The maximum atomic E-state index is 11.1. The molecule has 0 saturated carbocycles. The topological polar surface area (TPSA) is 66.4 Å². The molecule has 2 rings (SSSR count). The van der Waals surface area contributed by atoms with Gasteiger partial charge in [-0.15, -0.1) is 10.1 Å². The van der Waals surface area contributed by atoms with Crippen molar-refractivity contribution in [2.24, 2.45) is 4.99 Å². The highest BCUT2D eigenvalue weighted by Crippen LogP contribution is 2.12. The first kappa shape index (κ1) is 12.3. The largest absolute Gasteiger partial charge is 0.448 e. The minimum atomic E-state index is -0.607. The van der Waals surface area contributed by atoms with Crippen molar-refractivity contribution < 1.29 is 14.4 Å². The SMILES string of the molecule is CCOC(=O)N=C1CN(N2CCCCC2)NO1. The van der Waals surface area contributed by atoms with Gasteiger partial charge in [0.05, 0.1) is 6.61 Å². The van der Waals surface area contributed by atoms with E-state index in [4.69, 9.17) is 9.57 Å². The van der Waals surface area contributed by atoms with Gasteiger partial charge in [0.1, 0.15) is 6.54 Å². The minimum Gasteiger partial charge on any atom is -0.448 e. The smallest absolute Gasteiger partial charge is 0.436 e. The fourth-order valence-corrected chi connectivity index (χ4v) is 1.89. The molecule has 0 aromatic rings. The van der Waals surface area contributed by atoms with Crippen LogP contribution in [-0.2, 0) is 9.57 Å². The number of hydrogen-bond donors (Lipinski definition) is 1. The van der Waals surface area contributed by atoms with E-state index in [0.29, 0.717) is 19.0 Å². The van der Waals surface area contributed by atoms with E-state index in [0.717, 1.165) is 13.1 Å². The summed E-state index contributed by atoms with van der Waals surface area (Å²) in [5, 5.41) is 4.01. The Balaban J connectivity index is 1.84. The molecule has 96 valence electrons. The first-order valence-corrected chi connectivity index (χ1v) is 5.99. The molecule has 0 spiro atoms. The Morgan fingerprint density at radius 3 is 2.94 bits per heavy atom. The molecule has 2 heterocycles. The molecule has 0 radical (unpaired) electrons. The molecule has 0 atom stereocenters. The van der Waals surface area contributed by atoms with Gasteiger partial charge >= 0.3 is 6.09 Å². The Morgan fingerprint density at radius 2 is 2.24 bits per heavy atom. The fraction of sp³-hybridized carbons (Fsp3) is 0.800. The van der Waals surface area contributed by atoms with Crippen LogP contribution < -0.4 is 5.59 Å². The van der Waals surface area contributed by atoms with Crippen molar-refractivity contribution in [3.63, 3.8) is 0 Å². The molecule has 2 fully saturated rings. The van der Waals surface area contributed by atoms with Crippen molar-refractivity contribution >= 4 is 12.0 Å². The minimum absolute atomic E-state index is 0.318. The maximum Gasteiger partial charge on any atom is 0.436 e. The Morgan fingerprint density at radius 1 is 1.47 bits per heavy atom. The number of rotatable bonds is 2. The summed E-state index contributed by atoms with van der Waals surface area (Å²) in [6.07, 6.45) is 3.03. The molecular weight excluding hydrogens is 224 g/mol. The normalized spacial score (nSPS) is 24.9. The number of ether oxygens (including phenoxy) is 1. The number of carbonyl (C=O) groups excluding carboxylic acids is 1.